The van der Waals surface area contributed by atoms with Gasteiger partial charge in [-0.3, -0.25) is 9.69 Å². The van der Waals surface area contributed by atoms with Crippen molar-refractivity contribution in [1.29, 1.82) is 0 Å². The number of hydrogen-bond acceptors (Lipinski definition) is 7. The number of fused-ring (bicyclic) bond motifs is 1. The van der Waals surface area contributed by atoms with E-state index >= 15 is 0 Å². The van der Waals surface area contributed by atoms with Crippen LogP contribution in [0.2, 0.25) is 0 Å². The number of ether oxygens (including phenoxy) is 2. The molecule has 158 valence electrons. The summed E-state index contributed by atoms with van der Waals surface area (Å²) >= 11 is 0. The van der Waals surface area contributed by atoms with Gasteiger partial charge in [0.05, 0.1) is 31.3 Å². The van der Waals surface area contributed by atoms with E-state index in [1.807, 2.05) is 38.1 Å². The van der Waals surface area contributed by atoms with Crippen molar-refractivity contribution < 1.29 is 18.8 Å². The molecule has 0 bridgehead atoms. The van der Waals surface area contributed by atoms with Gasteiger partial charge in [-0.2, -0.15) is 0 Å². The lowest BCUT2D eigenvalue weighted by Gasteiger charge is -2.29. The second-order valence-electron chi connectivity index (χ2n) is 7.54. The Bertz CT molecular complexity index is 1030. The highest BCUT2D eigenvalue weighted by Gasteiger charge is 2.23. The number of nitrogens with one attached hydrogen (secondary N) is 1. The SMILES string of the molecule is COc1ccc(-c2noc3nc(C)cc(C(=O)N[C@H](C)CN4CCOCC4)c23)cc1. The molecule has 0 saturated carbocycles. The molecule has 1 aliphatic heterocycles. The summed E-state index contributed by atoms with van der Waals surface area (Å²) < 4.78 is 16.1. The number of carbonyl (C=O) groups excluding carboxylic acids is 1. The van der Waals surface area contributed by atoms with E-state index in [1.54, 1.807) is 13.2 Å². The van der Waals surface area contributed by atoms with E-state index < -0.39 is 0 Å². The van der Waals surface area contributed by atoms with E-state index in [0.717, 1.165) is 44.2 Å². The maximum Gasteiger partial charge on any atom is 0.259 e. The first kappa shape index (κ1) is 20.3. The second kappa shape index (κ2) is 8.81. The van der Waals surface area contributed by atoms with Gasteiger partial charge in [0.2, 0.25) is 0 Å². The van der Waals surface area contributed by atoms with Gasteiger partial charge in [0.1, 0.15) is 11.4 Å². The monoisotopic (exact) mass is 410 g/mol. The van der Waals surface area contributed by atoms with Crippen molar-refractivity contribution in [2.75, 3.05) is 40.0 Å². The highest BCUT2D eigenvalue weighted by Crippen LogP contribution is 2.31. The highest BCUT2D eigenvalue weighted by molar-refractivity contribution is 6.09. The molecule has 1 saturated heterocycles. The number of pyridine rings is 1. The Kier molecular flexibility index (Phi) is 5.96. The highest BCUT2D eigenvalue weighted by atomic mass is 16.5. The molecule has 1 N–H and O–H groups in total. The third kappa shape index (κ3) is 4.29. The molecule has 1 aliphatic rings. The average molecular weight is 410 g/mol. The number of methoxy groups -OCH3 is 1. The molecule has 1 atom stereocenters. The number of amides is 1. The molecule has 3 aromatic rings. The van der Waals surface area contributed by atoms with E-state index in [9.17, 15) is 4.79 Å². The maximum atomic E-state index is 13.2. The Labute approximate surface area is 175 Å². The molecule has 1 fully saturated rings. The minimum Gasteiger partial charge on any atom is -0.497 e. The fraction of sp³-hybridized carbons (Fsp3) is 0.409. The van der Waals surface area contributed by atoms with Crippen LogP contribution < -0.4 is 10.1 Å². The summed E-state index contributed by atoms with van der Waals surface area (Å²) in [6.07, 6.45) is 0. The van der Waals surface area contributed by atoms with Gasteiger partial charge in [-0.05, 0) is 44.2 Å². The molecule has 30 heavy (non-hydrogen) atoms. The van der Waals surface area contributed by atoms with Crippen LogP contribution in [0.3, 0.4) is 0 Å². The lowest BCUT2D eigenvalue weighted by molar-refractivity contribution is 0.0342. The van der Waals surface area contributed by atoms with Crippen LogP contribution in [0.5, 0.6) is 5.75 Å². The van der Waals surface area contributed by atoms with Crippen LogP contribution in [0.25, 0.3) is 22.4 Å². The van der Waals surface area contributed by atoms with Gasteiger partial charge in [-0.15, -0.1) is 0 Å². The van der Waals surface area contributed by atoms with Gasteiger partial charge in [0.25, 0.3) is 11.6 Å². The van der Waals surface area contributed by atoms with Gasteiger partial charge in [0.15, 0.2) is 0 Å². The Morgan fingerprint density at radius 2 is 2.00 bits per heavy atom. The lowest BCUT2D eigenvalue weighted by atomic mass is 10.0. The molecule has 0 aliphatic carbocycles. The Morgan fingerprint density at radius 1 is 1.27 bits per heavy atom. The van der Waals surface area contributed by atoms with Crippen LogP contribution >= 0.6 is 0 Å². The van der Waals surface area contributed by atoms with Gasteiger partial charge in [-0.25, -0.2) is 4.98 Å². The zero-order valence-electron chi connectivity index (χ0n) is 17.5. The van der Waals surface area contributed by atoms with E-state index in [4.69, 9.17) is 14.0 Å². The van der Waals surface area contributed by atoms with Crippen molar-refractivity contribution in [3.05, 3.63) is 41.6 Å². The third-order valence-corrected chi connectivity index (χ3v) is 5.20. The molecule has 0 radical (unpaired) electrons. The summed E-state index contributed by atoms with van der Waals surface area (Å²) in [7, 11) is 1.62. The van der Waals surface area contributed by atoms with Crippen LogP contribution in [-0.2, 0) is 4.74 Å². The zero-order valence-corrected chi connectivity index (χ0v) is 17.5. The summed E-state index contributed by atoms with van der Waals surface area (Å²) in [5.41, 5.74) is 2.98. The second-order valence-corrected chi connectivity index (χ2v) is 7.54. The molecular formula is C22H26N4O4. The van der Waals surface area contributed by atoms with Gasteiger partial charge in [0, 0.05) is 36.9 Å². The Morgan fingerprint density at radius 3 is 2.70 bits per heavy atom. The van der Waals surface area contributed by atoms with E-state index in [2.05, 4.69) is 20.4 Å². The Hall–Kier alpha value is -2.97. The standard InChI is InChI=1S/C22H26N4O4/c1-14-12-18(21(27)23-15(2)13-26-8-10-29-11-9-26)19-20(25-30-22(19)24-14)16-4-6-17(28-3)7-5-16/h4-7,12,15H,8-11,13H2,1-3H3,(H,23,27)/t15-/m1/s1. The van der Waals surface area contributed by atoms with Crippen molar-refractivity contribution in [3.63, 3.8) is 0 Å². The largest absolute Gasteiger partial charge is 0.497 e. The summed E-state index contributed by atoms with van der Waals surface area (Å²) in [5.74, 6) is 0.583. The summed E-state index contributed by atoms with van der Waals surface area (Å²) in [6.45, 7) is 7.85. The number of nitrogens with zero attached hydrogens (tertiary/aromatic N) is 3. The minimum absolute atomic E-state index is 0.0107. The van der Waals surface area contributed by atoms with E-state index in [-0.39, 0.29) is 11.9 Å². The number of aromatic nitrogens is 2. The molecule has 4 rings (SSSR count). The predicted octanol–water partition coefficient (Wildman–Crippen LogP) is 2.66. The van der Waals surface area contributed by atoms with Crippen molar-refractivity contribution in [2.45, 2.75) is 19.9 Å². The fourth-order valence-corrected chi connectivity index (χ4v) is 3.72. The van der Waals surface area contributed by atoms with E-state index in [0.29, 0.717) is 28.1 Å². The molecular weight excluding hydrogens is 384 g/mol. The normalized spacial score (nSPS) is 15.8. The smallest absolute Gasteiger partial charge is 0.259 e. The van der Waals surface area contributed by atoms with Gasteiger partial charge < -0.3 is 19.3 Å². The average Bonchev–Trinajstić information content (AvgIpc) is 3.17. The van der Waals surface area contributed by atoms with Crippen molar-refractivity contribution >= 4 is 17.0 Å². The summed E-state index contributed by atoms with van der Waals surface area (Å²) in [5, 5.41) is 7.92. The topological polar surface area (TPSA) is 89.7 Å². The number of aryl methyl sites for hydroxylation is 1. The first-order chi connectivity index (χ1) is 14.5. The first-order valence-corrected chi connectivity index (χ1v) is 10.1. The molecule has 8 heteroatoms. The molecule has 2 aromatic heterocycles. The molecule has 1 amide bonds. The lowest BCUT2D eigenvalue weighted by Crippen LogP contribution is -2.46. The maximum absolute atomic E-state index is 13.2. The molecule has 0 unspecified atom stereocenters. The van der Waals surface area contributed by atoms with Crippen molar-refractivity contribution in [1.82, 2.24) is 20.4 Å². The number of rotatable bonds is 6. The van der Waals surface area contributed by atoms with Crippen LogP contribution in [0.1, 0.15) is 23.0 Å². The van der Waals surface area contributed by atoms with Crippen LogP contribution in [0, 0.1) is 6.92 Å². The van der Waals surface area contributed by atoms with Crippen LogP contribution in [0.15, 0.2) is 34.9 Å². The molecule has 0 spiro atoms. The van der Waals surface area contributed by atoms with Crippen LogP contribution in [0.4, 0.5) is 0 Å². The molecule has 3 heterocycles. The van der Waals surface area contributed by atoms with Crippen LogP contribution in [-0.4, -0.2) is 66.9 Å². The summed E-state index contributed by atoms with van der Waals surface area (Å²) in [4.78, 5) is 19.9. The van der Waals surface area contributed by atoms with Crippen molar-refractivity contribution in [3.8, 4) is 17.0 Å². The molecule has 8 nitrogen and oxygen atoms in total. The minimum atomic E-state index is -0.163. The quantitative estimate of drug-likeness (QED) is 0.668. The van der Waals surface area contributed by atoms with E-state index in [1.165, 1.54) is 0 Å². The predicted molar refractivity (Wildman–Crippen MR) is 113 cm³/mol. The number of benzene rings is 1. The summed E-state index contributed by atoms with van der Waals surface area (Å²) in [6, 6.07) is 9.24. The number of morpholine rings is 1. The van der Waals surface area contributed by atoms with Gasteiger partial charge >= 0.3 is 0 Å². The number of hydrogen-bond donors (Lipinski definition) is 1. The molecule has 1 aromatic carbocycles. The van der Waals surface area contributed by atoms with Gasteiger partial charge in [-0.1, -0.05) is 5.16 Å². The fourth-order valence-electron chi connectivity index (χ4n) is 3.72. The first-order valence-electron chi connectivity index (χ1n) is 10.1. The number of carbonyl (C=O) groups is 1. The Balaban J connectivity index is 1.62. The zero-order chi connectivity index (χ0) is 21.1. The van der Waals surface area contributed by atoms with Crippen molar-refractivity contribution in [2.24, 2.45) is 0 Å². The third-order valence-electron chi connectivity index (χ3n) is 5.20.